The summed E-state index contributed by atoms with van der Waals surface area (Å²) in [5.74, 6) is 0.744. The molecule has 1 saturated heterocycles. The smallest absolute Gasteiger partial charge is 0.264 e. The number of hydrogen-bond donors (Lipinski definition) is 2. The maximum Gasteiger partial charge on any atom is 0.264 e. The molecule has 2 aromatic heterocycles. The van der Waals surface area contributed by atoms with Gasteiger partial charge in [-0.05, 0) is 35.8 Å². The minimum Gasteiger partial charge on any atom is -0.354 e. The van der Waals surface area contributed by atoms with Gasteiger partial charge in [0.25, 0.3) is 5.91 Å². The molecule has 1 fully saturated rings. The Hall–Kier alpha value is -2.84. The van der Waals surface area contributed by atoms with Gasteiger partial charge in [0.05, 0.1) is 11.4 Å². The van der Waals surface area contributed by atoms with Crippen LogP contribution in [0.3, 0.4) is 0 Å². The molecule has 2 aliphatic rings. The van der Waals surface area contributed by atoms with Crippen LogP contribution in [0.15, 0.2) is 46.7 Å². The minimum absolute atomic E-state index is 0.118. The van der Waals surface area contributed by atoms with Crippen LogP contribution in [-0.4, -0.2) is 60.7 Å². The molecule has 0 saturated carbocycles. The molecule has 30 heavy (non-hydrogen) atoms. The van der Waals surface area contributed by atoms with Gasteiger partial charge in [-0.3, -0.25) is 9.78 Å². The topological polar surface area (TPSA) is 82.0 Å². The average molecular weight is 423 g/mol. The Kier molecular flexibility index (Phi) is 6.99. The summed E-state index contributed by atoms with van der Waals surface area (Å²) in [7, 11) is 0. The number of hydrogen-bond acceptors (Lipinski definition) is 7. The molecule has 0 aliphatic carbocycles. The van der Waals surface area contributed by atoms with Crippen molar-refractivity contribution >= 4 is 35.5 Å². The predicted molar refractivity (Wildman–Crippen MR) is 122 cm³/mol. The van der Waals surface area contributed by atoms with E-state index in [4.69, 9.17) is 0 Å². The van der Waals surface area contributed by atoms with Gasteiger partial charge in [0, 0.05) is 62.6 Å². The van der Waals surface area contributed by atoms with E-state index in [2.05, 4.69) is 43.8 Å². The highest BCUT2D eigenvalue weighted by Crippen LogP contribution is 2.26. The molecule has 1 amide bonds. The van der Waals surface area contributed by atoms with Gasteiger partial charge >= 0.3 is 0 Å². The first-order valence-electron chi connectivity index (χ1n) is 10.3. The Morgan fingerprint density at radius 1 is 1.30 bits per heavy atom. The summed E-state index contributed by atoms with van der Waals surface area (Å²) in [6.45, 7) is 4.46. The van der Waals surface area contributed by atoms with Crippen LogP contribution in [0.1, 0.15) is 32.1 Å². The number of pyridine rings is 1. The third-order valence-electron chi connectivity index (χ3n) is 5.00. The fourth-order valence-corrected chi connectivity index (χ4v) is 4.45. The van der Waals surface area contributed by atoms with Crippen molar-refractivity contribution < 1.29 is 4.79 Å². The summed E-state index contributed by atoms with van der Waals surface area (Å²) in [5, 5.41) is 6.61. The quantitative estimate of drug-likeness (QED) is 0.793. The van der Waals surface area contributed by atoms with Gasteiger partial charge in [0.2, 0.25) is 5.96 Å². The van der Waals surface area contributed by atoms with Crippen LogP contribution in [-0.2, 0) is 13.0 Å². The van der Waals surface area contributed by atoms with Gasteiger partial charge in [-0.1, -0.05) is 12.1 Å². The standard InChI is InChI=1S/C22H26N6OS/c29-21(28-12-10-23-11-13-28)20-14-18-16-27-22(25-8-2-1-5-19(18)30-20)26-9-6-17-4-3-7-24-15-17/h1,3-5,7-8,14-15,23H,2,6,9-13,16H2,(H,26,27)/b5-1-,25-8-. The van der Waals surface area contributed by atoms with E-state index in [0.29, 0.717) is 12.5 Å². The first-order valence-corrected chi connectivity index (χ1v) is 11.1. The number of guanidine groups is 1. The van der Waals surface area contributed by atoms with E-state index in [1.807, 2.05) is 29.4 Å². The number of allylic oxidation sites excluding steroid dienone is 1. The first-order chi connectivity index (χ1) is 14.8. The molecule has 0 atom stereocenters. The van der Waals surface area contributed by atoms with Crippen LogP contribution in [0, 0.1) is 0 Å². The first kappa shape index (κ1) is 20.4. The molecule has 4 heterocycles. The number of fused-ring (bicyclic) bond motifs is 1. The van der Waals surface area contributed by atoms with Gasteiger partial charge in [-0.25, -0.2) is 9.98 Å². The largest absolute Gasteiger partial charge is 0.354 e. The molecule has 156 valence electrons. The number of thiophene rings is 1. The molecule has 2 aromatic rings. The molecule has 0 aromatic carbocycles. The van der Waals surface area contributed by atoms with Crippen molar-refractivity contribution in [2.45, 2.75) is 19.4 Å². The maximum absolute atomic E-state index is 12.9. The van der Waals surface area contributed by atoms with Gasteiger partial charge in [-0.15, -0.1) is 11.3 Å². The Bertz CT molecular complexity index is 944. The highest BCUT2D eigenvalue weighted by Gasteiger charge is 2.21. The van der Waals surface area contributed by atoms with Crippen molar-refractivity contribution in [1.82, 2.24) is 20.5 Å². The van der Waals surface area contributed by atoms with Crippen LogP contribution in [0.2, 0.25) is 0 Å². The molecule has 0 spiro atoms. The zero-order chi connectivity index (χ0) is 20.6. The van der Waals surface area contributed by atoms with Crippen molar-refractivity contribution in [3.63, 3.8) is 0 Å². The fraction of sp³-hybridized carbons (Fsp3) is 0.364. The second-order valence-electron chi connectivity index (χ2n) is 7.17. The van der Waals surface area contributed by atoms with E-state index in [0.717, 1.165) is 60.9 Å². The van der Waals surface area contributed by atoms with E-state index in [9.17, 15) is 4.79 Å². The average Bonchev–Trinajstić information content (AvgIpc) is 3.21. The molecule has 8 heteroatoms. The zero-order valence-corrected chi connectivity index (χ0v) is 17.7. The SMILES string of the molecule is O=C(c1cc2c(s1)/C=C\C/C=N\C(NCCc1cccnc1)=N/C2)N1CCNCC1. The number of nitrogens with one attached hydrogen (secondary N) is 2. The monoisotopic (exact) mass is 422 g/mol. The second kappa shape index (κ2) is 10.3. The lowest BCUT2D eigenvalue weighted by Gasteiger charge is -2.26. The molecule has 0 unspecified atom stereocenters. The molecular formula is C22H26N6OS. The number of carbonyl (C=O) groups excluding carboxylic acids is 1. The van der Waals surface area contributed by atoms with E-state index in [1.165, 1.54) is 5.56 Å². The van der Waals surface area contributed by atoms with Gasteiger partial charge in [0.1, 0.15) is 0 Å². The van der Waals surface area contributed by atoms with Crippen molar-refractivity contribution in [2.75, 3.05) is 32.7 Å². The Balaban J connectivity index is 1.44. The summed E-state index contributed by atoms with van der Waals surface area (Å²) >= 11 is 1.55. The van der Waals surface area contributed by atoms with Gasteiger partial charge in [-0.2, -0.15) is 0 Å². The van der Waals surface area contributed by atoms with E-state index in [-0.39, 0.29) is 5.91 Å². The summed E-state index contributed by atoms with van der Waals surface area (Å²) in [6.07, 6.45) is 11.3. The molecule has 0 bridgehead atoms. The predicted octanol–water partition coefficient (Wildman–Crippen LogP) is 2.36. The molecule has 2 aliphatic heterocycles. The maximum atomic E-state index is 12.9. The Morgan fingerprint density at radius 2 is 2.20 bits per heavy atom. The van der Waals surface area contributed by atoms with Crippen LogP contribution >= 0.6 is 11.3 Å². The van der Waals surface area contributed by atoms with Crippen molar-refractivity contribution in [1.29, 1.82) is 0 Å². The van der Waals surface area contributed by atoms with Crippen LogP contribution in [0.4, 0.5) is 0 Å². The number of piperazine rings is 1. The van der Waals surface area contributed by atoms with Gasteiger partial charge in [0.15, 0.2) is 0 Å². The lowest BCUT2D eigenvalue weighted by atomic mass is 10.2. The summed E-state index contributed by atoms with van der Waals surface area (Å²) in [6, 6.07) is 6.00. The second-order valence-corrected chi connectivity index (χ2v) is 8.25. The molecule has 7 nitrogen and oxygen atoms in total. The van der Waals surface area contributed by atoms with Crippen LogP contribution in [0.25, 0.3) is 6.08 Å². The lowest BCUT2D eigenvalue weighted by molar-refractivity contribution is 0.0740. The summed E-state index contributed by atoms with van der Waals surface area (Å²) < 4.78 is 0. The molecule has 4 rings (SSSR count). The minimum atomic E-state index is 0.118. The fourth-order valence-electron chi connectivity index (χ4n) is 3.38. The van der Waals surface area contributed by atoms with E-state index in [1.54, 1.807) is 17.5 Å². The van der Waals surface area contributed by atoms with Crippen molar-refractivity contribution in [2.24, 2.45) is 9.98 Å². The number of aliphatic imine (C=N–C) groups is 2. The van der Waals surface area contributed by atoms with Crippen LogP contribution < -0.4 is 10.6 Å². The van der Waals surface area contributed by atoms with E-state index < -0.39 is 0 Å². The molecular weight excluding hydrogens is 396 g/mol. The molecule has 2 N–H and O–H groups in total. The summed E-state index contributed by atoms with van der Waals surface area (Å²) in [5.41, 5.74) is 2.24. The number of carbonyl (C=O) groups is 1. The highest BCUT2D eigenvalue weighted by molar-refractivity contribution is 7.15. The van der Waals surface area contributed by atoms with Crippen LogP contribution in [0.5, 0.6) is 0 Å². The number of amides is 1. The third kappa shape index (κ3) is 5.40. The Labute approximate surface area is 180 Å². The van der Waals surface area contributed by atoms with Gasteiger partial charge < -0.3 is 15.5 Å². The summed E-state index contributed by atoms with van der Waals surface area (Å²) in [4.78, 5) is 30.0. The lowest BCUT2D eigenvalue weighted by Crippen LogP contribution is -2.46. The van der Waals surface area contributed by atoms with Crippen molar-refractivity contribution in [3.8, 4) is 0 Å². The Morgan fingerprint density at radius 3 is 3.03 bits per heavy atom. The molecule has 0 radical (unpaired) electrons. The normalized spacial score (nSPS) is 20.5. The number of rotatable bonds is 4. The zero-order valence-electron chi connectivity index (χ0n) is 16.9. The highest BCUT2D eigenvalue weighted by atomic mass is 32.1. The van der Waals surface area contributed by atoms with Crippen molar-refractivity contribution in [3.05, 3.63) is 57.6 Å². The third-order valence-corrected chi connectivity index (χ3v) is 6.13. The number of aromatic nitrogens is 1. The number of nitrogens with zero attached hydrogens (tertiary/aromatic N) is 4. The van der Waals surface area contributed by atoms with E-state index >= 15 is 0 Å².